The van der Waals surface area contributed by atoms with Gasteiger partial charge in [-0.3, -0.25) is 0 Å². The van der Waals surface area contributed by atoms with Crippen molar-refractivity contribution in [3.8, 4) is 0 Å². The van der Waals surface area contributed by atoms with Crippen LogP contribution in [0.5, 0.6) is 0 Å². The van der Waals surface area contributed by atoms with Gasteiger partial charge in [0.05, 0.1) is 18.8 Å². The van der Waals surface area contributed by atoms with Crippen LogP contribution in [-0.4, -0.2) is 32.0 Å². The highest BCUT2D eigenvalue weighted by molar-refractivity contribution is 7.07. The molecular formula is C20H24O2Si. The van der Waals surface area contributed by atoms with E-state index in [4.69, 9.17) is 4.74 Å². The zero-order valence-electron chi connectivity index (χ0n) is 13.8. The molecule has 0 amide bonds. The van der Waals surface area contributed by atoms with Gasteiger partial charge in [0.25, 0.3) is 0 Å². The Hall–Kier alpha value is -1.68. The van der Waals surface area contributed by atoms with Gasteiger partial charge in [-0.1, -0.05) is 71.9 Å². The van der Waals surface area contributed by atoms with E-state index in [0.29, 0.717) is 6.10 Å². The van der Waals surface area contributed by atoms with Gasteiger partial charge < -0.3 is 9.84 Å². The van der Waals surface area contributed by atoms with Gasteiger partial charge in [-0.05, 0) is 30.3 Å². The number of aliphatic hydroxyl groups is 1. The summed E-state index contributed by atoms with van der Waals surface area (Å²) < 4.78 is 5.61. The average Bonchev–Trinajstić information content (AvgIpc) is 3.37. The van der Waals surface area contributed by atoms with Crippen LogP contribution in [0.25, 0.3) is 0 Å². The third-order valence-corrected chi connectivity index (χ3v) is 9.85. The smallest absolute Gasteiger partial charge is 0.146 e. The first-order valence-electron chi connectivity index (χ1n) is 8.22. The summed E-state index contributed by atoms with van der Waals surface area (Å²) in [6.07, 6.45) is 1.93. The molecule has 0 bridgehead atoms. The molecule has 1 N–H and O–H groups in total. The van der Waals surface area contributed by atoms with Gasteiger partial charge in [0.1, 0.15) is 8.07 Å². The molecule has 3 rings (SSSR count). The topological polar surface area (TPSA) is 32.8 Å². The lowest BCUT2D eigenvalue weighted by Crippen LogP contribution is -2.60. The number of epoxide rings is 1. The number of allylic oxidation sites excluding steroid dienone is 1. The summed E-state index contributed by atoms with van der Waals surface area (Å²) in [4.78, 5) is 0. The summed E-state index contributed by atoms with van der Waals surface area (Å²) in [5, 5.41) is 14.0. The van der Waals surface area contributed by atoms with Crippen molar-refractivity contribution in [3.05, 3.63) is 71.9 Å². The van der Waals surface area contributed by atoms with Crippen molar-refractivity contribution in [2.24, 2.45) is 0 Å². The number of benzene rings is 2. The average molecular weight is 324 g/mol. The number of hydrogen-bond acceptors (Lipinski definition) is 2. The molecule has 0 spiro atoms. The highest BCUT2D eigenvalue weighted by Gasteiger charge is 2.44. The maximum absolute atomic E-state index is 9.94. The molecule has 2 unspecified atom stereocenters. The summed E-state index contributed by atoms with van der Waals surface area (Å²) in [5.74, 6) is 0. The predicted molar refractivity (Wildman–Crippen MR) is 97.9 cm³/mol. The maximum Gasteiger partial charge on any atom is 0.146 e. The number of aliphatic hydroxyl groups excluding tert-OH is 1. The predicted octanol–water partition coefficient (Wildman–Crippen LogP) is 2.51. The van der Waals surface area contributed by atoms with Crippen LogP contribution in [-0.2, 0) is 4.74 Å². The summed E-state index contributed by atoms with van der Waals surface area (Å²) in [7, 11) is -2.14. The van der Waals surface area contributed by atoms with Crippen molar-refractivity contribution in [1.82, 2.24) is 0 Å². The zero-order chi connectivity index (χ0) is 16.3. The second-order valence-electron chi connectivity index (χ2n) is 6.39. The first kappa shape index (κ1) is 16.2. The molecule has 23 heavy (non-hydrogen) atoms. The zero-order valence-corrected chi connectivity index (χ0v) is 14.8. The largest absolute Gasteiger partial charge is 0.389 e. The fraction of sp³-hybridized carbons (Fsp3) is 0.300. The van der Waals surface area contributed by atoms with E-state index in [1.807, 2.05) is 13.0 Å². The third kappa shape index (κ3) is 3.47. The van der Waals surface area contributed by atoms with Gasteiger partial charge in [0.2, 0.25) is 0 Å². The van der Waals surface area contributed by atoms with E-state index in [1.54, 1.807) is 0 Å². The van der Waals surface area contributed by atoms with Gasteiger partial charge in [-0.25, -0.2) is 0 Å². The maximum atomic E-state index is 9.94. The fourth-order valence-corrected chi connectivity index (χ4v) is 8.50. The monoisotopic (exact) mass is 324 g/mol. The van der Waals surface area contributed by atoms with Gasteiger partial charge >= 0.3 is 0 Å². The molecule has 120 valence electrons. The van der Waals surface area contributed by atoms with Crippen molar-refractivity contribution in [3.63, 3.8) is 0 Å². The third-order valence-electron chi connectivity index (χ3n) is 4.63. The molecule has 1 heterocycles. The summed E-state index contributed by atoms with van der Waals surface area (Å²) in [6, 6.07) is 22.6. The minimum atomic E-state index is -2.14. The van der Waals surface area contributed by atoms with Gasteiger partial charge in [0, 0.05) is 0 Å². The lowest BCUT2D eigenvalue weighted by Gasteiger charge is -2.34. The summed E-state index contributed by atoms with van der Waals surface area (Å²) in [6.45, 7) is 4.87. The second kappa shape index (κ2) is 6.83. The van der Waals surface area contributed by atoms with Crippen LogP contribution < -0.4 is 10.4 Å². The molecule has 2 aromatic rings. The lowest BCUT2D eigenvalue weighted by molar-refractivity contribution is 0.243. The standard InChI is InChI=1S/C20H24O2Si/c1-16(21)13-17(2)23(15-18-14-22-18,19-9-5-3-6-10-19)20-11-7-4-8-12-20/h3-13,16,18,21H,14-15H2,1-2H3/b17-13+. The fourth-order valence-electron chi connectivity index (χ4n) is 3.50. The van der Waals surface area contributed by atoms with E-state index in [-0.39, 0.29) is 0 Å². The second-order valence-corrected chi connectivity index (χ2v) is 10.5. The molecule has 2 atom stereocenters. The van der Waals surface area contributed by atoms with Crippen molar-refractivity contribution in [2.45, 2.75) is 32.1 Å². The summed E-state index contributed by atoms with van der Waals surface area (Å²) in [5.41, 5.74) is 0. The number of rotatable bonds is 6. The Balaban J connectivity index is 2.20. The van der Waals surface area contributed by atoms with E-state index in [1.165, 1.54) is 15.6 Å². The molecule has 3 heteroatoms. The molecule has 2 aromatic carbocycles. The molecule has 1 aliphatic rings. The van der Waals surface area contributed by atoms with E-state index < -0.39 is 14.2 Å². The van der Waals surface area contributed by atoms with E-state index >= 15 is 0 Å². The molecule has 0 aliphatic carbocycles. The highest BCUT2D eigenvalue weighted by atomic mass is 28.3. The molecule has 2 nitrogen and oxygen atoms in total. The first-order valence-corrected chi connectivity index (χ1v) is 10.4. The Labute approximate surface area is 139 Å². The Morgan fingerprint density at radius 3 is 2.00 bits per heavy atom. The van der Waals surface area contributed by atoms with Gasteiger partial charge in [-0.2, -0.15) is 0 Å². The number of ether oxygens (including phenoxy) is 1. The quantitative estimate of drug-likeness (QED) is 0.654. The van der Waals surface area contributed by atoms with E-state index in [2.05, 4.69) is 67.6 Å². The Kier molecular flexibility index (Phi) is 4.81. The lowest BCUT2D eigenvalue weighted by atomic mass is 10.3. The Morgan fingerprint density at radius 1 is 1.13 bits per heavy atom. The van der Waals surface area contributed by atoms with Crippen LogP contribution in [0.15, 0.2) is 71.9 Å². The van der Waals surface area contributed by atoms with Crippen molar-refractivity contribution >= 4 is 18.4 Å². The normalized spacial score (nSPS) is 19.4. The van der Waals surface area contributed by atoms with Crippen molar-refractivity contribution in [1.29, 1.82) is 0 Å². The minimum absolute atomic E-state index is 0.347. The summed E-state index contributed by atoms with van der Waals surface area (Å²) >= 11 is 0. The van der Waals surface area contributed by atoms with Crippen LogP contribution in [0.4, 0.5) is 0 Å². The van der Waals surface area contributed by atoms with E-state index in [0.717, 1.165) is 12.7 Å². The molecule has 0 aromatic heterocycles. The molecule has 0 radical (unpaired) electrons. The van der Waals surface area contributed by atoms with Gasteiger partial charge in [0.15, 0.2) is 0 Å². The number of hydrogen-bond donors (Lipinski definition) is 1. The van der Waals surface area contributed by atoms with E-state index in [9.17, 15) is 5.11 Å². The Bertz CT molecular complexity index is 621. The van der Waals surface area contributed by atoms with Crippen LogP contribution in [0, 0.1) is 0 Å². The minimum Gasteiger partial charge on any atom is -0.389 e. The van der Waals surface area contributed by atoms with Crippen LogP contribution in [0.2, 0.25) is 6.04 Å². The first-order chi connectivity index (χ1) is 11.1. The molecule has 1 fully saturated rings. The molecule has 1 aliphatic heterocycles. The van der Waals surface area contributed by atoms with Gasteiger partial charge in [-0.15, -0.1) is 0 Å². The molecular weight excluding hydrogens is 300 g/mol. The van der Waals surface area contributed by atoms with Crippen molar-refractivity contribution in [2.75, 3.05) is 6.61 Å². The SMILES string of the molecule is C/C(=C\C(C)O)[Si](CC1CO1)(c1ccccc1)c1ccccc1. The van der Waals surface area contributed by atoms with Crippen molar-refractivity contribution < 1.29 is 9.84 Å². The highest BCUT2D eigenvalue weighted by Crippen LogP contribution is 2.28. The van der Waals surface area contributed by atoms with Crippen LogP contribution >= 0.6 is 0 Å². The Morgan fingerprint density at radius 2 is 1.61 bits per heavy atom. The van der Waals surface area contributed by atoms with Crippen LogP contribution in [0.1, 0.15) is 13.8 Å². The molecule has 0 saturated carbocycles. The van der Waals surface area contributed by atoms with Crippen LogP contribution in [0.3, 0.4) is 0 Å². The molecule has 1 saturated heterocycles.